The summed E-state index contributed by atoms with van der Waals surface area (Å²) in [5.74, 6) is 0.191. The number of carbonyl (C=O) groups is 3. The van der Waals surface area contributed by atoms with E-state index in [0.717, 1.165) is 18.4 Å². The molecule has 0 saturated carbocycles. The molecule has 0 aromatic heterocycles. The third-order valence-electron chi connectivity index (χ3n) is 5.53. The van der Waals surface area contributed by atoms with E-state index in [9.17, 15) is 14.4 Å². The second-order valence-electron chi connectivity index (χ2n) is 8.51. The number of hydrogen-bond donors (Lipinski definition) is 1. The fraction of sp³-hybridized carbons (Fsp3) is 0.640. The zero-order valence-electron chi connectivity index (χ0n) is 22.6. The van der Waals surface area contributed by atoms with Gasteiger partial charge in [-0.1, -0.05) is 6.07 Å². The second kappa shape index (κ2) is 16.4. The first-order valence-corrected chi connectivity index (χ1v) is 11.8. The summed E-state index contributed by atoms with van der Waals surface area (Å²) in [5.41, 5.74) is 0.629. The van der Waals surface area contributed by atoms with Gasteiger partial charge in [-0.25, -0.2) is 0 Å². The molecule has 35 heavy (non-hydrogen) atoms. The largest absolute Gasteiger partial charge is 0.494 e. The number of methoxy groups -OCH3 is 1. The average Bonchev–Trinajstić information content (AvgIpc) is 3.05. The SMILES string of the molecule is CCOC.CCOC(=O)C(CC=O)NC.CCOc1cc(B2OC(C)(C)C(C)(C)O2)ccc1C=O. The van der Waals surface area contributed by atoms with Crippen LogP contribution in [0.3, 0.4) is 0 Å². The van der Waals surface area contributed by atoms with Crippen molar-refractivity contribution < 1.29 is 37.9 Å². The number of rotatable bonds is 10. The maximum absolute atomic E-state index is 11.0. The number of benzene rings is 1. The van der Waals surface area contributed by atoms with Gasteiger partial charge in [0.2, 0.25) is 0 Å². The fourth-order valence-electron chi connectivity index (χ4n) is 2.73. The zero-order chi connectivity index (χ0) is 27.1. The van der Waals surface area contributed by atoms with Gasteiger partial charge >= 0.3 is 13.1 Å². The Morgan fingerprint density at radius 3 is 2.03 bits per heavy atom. The molecule has 1 aromatic carbocycles. The Kier molecular flexibility index (Phi) is 15.4. The van der Waals surface area contributed by atoms with Crippen molar-refractivity contribution in [3.63, 3.8) is 0 Å². The third kappa shape index (κ3) is 10.5. The summed E-state index contributed by atoms with van der Waals surface area (Å²) in [6.45, 7) is 15.3. The summed E-state index contributed by atoms with van der Waals surface area (Å²) in [6, 6.07) is 4.90. The maximum atomic E-state index is 11.0. The highest BCUT2D eigenvalue weighted by Gasteiger charge is 2.51. The standard InChI is InChI=1S/C15H21BO4.C7H13NO3.C3H8O/c1-6-18-13-9-12(8-7-11(13)10-17)16-19-14(2,3)15(4,5)20-16;1-3-11-7(10)6(8-2)4-5-9;1-3-4-2/h7-10H,6H2,1-5H3;5-6,8H,3-4H2,1-2H3;3H2,1-2H3. The molecule has 9 nitrogen and oxygen atoms in total. The fourth-order valence-corrected chi connectivity index (χ4v) is 2.73. The van der Waals surface area contributed by atoms with E-state index in [1.54, 1.807) is 27.1 Å². The van der Waals surface area contributed by atoms with E-state index in [-0.39, 0.29) is 23.6 Å². The van der Waals surface area contributed by atoms with Crippen molar-refractivity contribution in [2.24, 2.45) is 0 Å². The van der Waals surface area contributed by atoms with Crippen LogP contribution in [0.4, 0.5) is 0 Å². The molecule has 2 rings (SSSR count). The smallest absolute Gasteiger partial charge is 0.493 e. The molecule has 1 heterocycles. The van der Waals surface area contributed by atoms with Crippen LogP contribution in [0, 0.1) is 0 Å². The predicted molar refractivity (Wildman–Crippen MR) is 136 cm³/mol. The van der Waals surface area contributed by atoms with E-state index in [4.69, 9.17) is 14.0 Å². The summed E-state index contributed by atoms with van der Waals surface area (Å²) >= 11 is 0. The Bertz CT molecular complexity index is 767. The van der Waals surface area contributed by atoms with Crippen LogP contribution < -0.4 is 15.5 Å². The number of esters is 1. The van der Waals surface area contributed by atoms with Crippen LogP contribution in [-0.4, -0.2) is 76.9 Å². The number of aldehydes is 2. The van der Waals surface area contributed by atoms with Crippen molar-refractivity contribution in [3.05, 3.63) is 23.8 Å². The van der Waals surface area contributed by atoms with Gasteiger partial charge in [-0.2, -0.15) is 0 Å². The molecule has 1 atom stereocenters. The third-order valence-corrected chi connectivity index (χ3v) is 5.53. The first kappa shape index (κ1) is 32.7. The molecule has 1 aromatic rings. The van der Waals surface area contributed by atoms with Crippen molar-refractivity contribution >= 4 is 31.1 Å². The molecular formula is C25H42BNO8. The van der Waals surface area contributed by atoms with Crippen LogP contribution in [0.2, 0.25) is 0 Å². The molecule has 10 heteroatoms. The highest BCUT2D eigenvalue weighted by molar-refractivity contribution is 6.62. The lowest BCUT2D eigenvalue weighted by molar-refractivity contribution is -0.146. The van der Waals surface area contributed by atoms with E-state index in [1.165, 1.54) is 0 Å². The Morgan fingerprint density at radius 1 is 1.06 bits per heavy atom. The van der Waals surface area contributed by atoms with E-state index in [0.29, 0.717) is 30.8 Å². The molecule has 1 aliphatic heterocycles. The number of nitrogens with one attached hydrogen (secondary N) is 1. The van der Waals surface area contributed by atoms with Gasteiger partial charge < -0.3 is 33.6 Å². The quantitative estimate of drug-likeness (QED) is 0.298. The summed E-state index contributed by atoms with van der Waals surface area (Å²) in [4.78, 5) is 32.0. The highest BCUT2D eigenvalue weighted by atomic mass is 16.7. The Balaban J connectivity index is 0.000000651. The van der Waals surface area contributed by atoms with Crippen LogP contribution in [0.15, 0.2) is 18.2 Å². The van der Waals surface area contributed by atoms with Gasteiger partial charge in [0.25, 0.3) is 0 Å². The van der Waals surface area contributed by atoms with Crippen LogP contribution in [0.25, 0.3) is 0 Å². The van der Waals surface area contributed by atoms with Crippen LogP contribution >= 0.6 is 0 Å². The molecule has 1 N–H and O–H groups in total. The lowest BCUT2D eigenvalue weighted by Gasteiger charge is -2.32. The zero-order valence-corrected chi connectivity index (χ0v) is 22.6. The monoisotopic (exact) mass is 495 g/mol. The number of ether oxygens (including phenoxy) is 3. The molecule has 0 aliphatic carbocycles. The highest BCUT2D eigenvalue weighted by Crippen LogP contribution is 2.36. The molecule has 198 valence electrons. The second-order valence-corrected chi connectivity index (χ2v) is 8.51. The minimum Gasteiger partial charge on any atom is -0.493 e. The Hall–Kier alpha value is -2.27. The predicted octanol–water partition coefficient (Wildman–Crippen LogP) is 2.58. The lowest BCUT2D eigenvalue weighted by atomic mass is 9.78. The van der Waals surface area contributed by atoms with Crippen LogP contribution in [0.5, 0.6) is 5.75 Å². The maximum Gasteiger partial charge on any atom is 0.494 e. The van der Waals surface area contributed by atoms with E-state index >= 15 is 0 Å². The van der Waals surface area contributed by atoms with Gasteiger partial charge in [-0.3, -0.25) is 9.59 Å². The summed E-state index contributed by atoms with van der Waals surface area (Å²) in [7, 11) is 2.85. The minimum atomic E-state index is -0.493. The average molecular weight is 495 g/mol. The first-order valence-electron chi connectivity index (χ1n) is 11.8. The van der Waals surface area contributed by atoms with Gasteiger partial charge in [0.1, 0.15) is 18.1 Å². The van der Waals surface area contributed by atoms with Gasteiger partial charge in [0, 0.05) is 20.1 Å². The number of likely N-dealkylation sites (N-methyl/N-ethyl adjacent to an activating group) is 1. The van der Waals surface area contributed by atoms with E-state index < -0.39 is 13.2 Å². The molecule has 0 spiro atoms. The van der Waals surface area contributed by atoms with E-state index in [1.807, 2.05) is 53.7 Å². The van der Waals surface area contributed by atoms with Gasteiger partial charge in [-0.05, 0) is 73.1 Å². The number of hydrogen-bond acceptors (Lipinski definition) is 9. The minimum absolute atomic E-state index is 0.162. The van der Waals surface area contributed by atoms with Crippen LogP contribution in [0.1, 0.15) is 65.2 Å². The first-order chi connectivity index (χ1) is 16.5. The van der Waals surface area contributed by atoms with Gasteiger partial charge in [-0.15, -0.1) is 0 Å². The molecule has 0 bridgehead atoms. The molecule has 0 amide bonds. The lowest BCUT2D eigenvalue weighted by Crippen LogP contribution is -2.41. The van der Waals surface area contributed by atoms with Crippen molar-refractivity contribution in [3.8, 4) is 5.75 Å². The topological polar surface area (TPSA) is 109 Å². The van der Waals surface area contributed by atoms with Gasteiger partial charge in [0.15, 0.2) is 6.29 Å². The summed E-state index contributed by atoms with van der Waals surface area (Å²) in [6.07, 6.45) is 1.65. The molecular weight excluding hydrogens is 453 g/mol. The van der Waals surface area contributed by atoms with Crippen molar-refractivity contribution in [2.75, 3.05) is 34.0 Å². The molecule has 1 unspecified atom stereocenters. The Morgan fingerprint density at radius 2 is 1.63 bits per heavy atom. The molecule has 1 fully saturated rings. The van der Waals surface area contributed by atoms with Crippen molar-refractivity contribution in [1.82, 2.24) is 5.32 Å². The normalized spacial score (nSPS) is 16.1. The molecule has 0 radical (unpaired) electrons. The van der Waals surface area contributed by atoms with E-state index in [2.05, 4.69) is 14.8 Å². The summed E-state index contributed by atoms with van der Waals surface area (Å²) in [5, 5.41) is 2.68. The Labute approximate surface area is 210 Å². The van der Waals surface area contributed by atoms with Crippen LogP contribution in [-0.2, 0) is 28.4 Å². The van der Waals surface area contributed by atoms with Crippen molar-refractivity contribution in [2.45, 2.75) is 72.1 Å². The molecule has 1 aliphatic rings. The summed E-state index contributed by atoms with van der Waals surface area (Å²) < 4.78 is 26.7. The van der Waals surface area contributed by atoms with Gasteiger partial charge in [0.05, 0.1) is 30.0 Å². The molecule has 1 saturated heterocycles. The number of carbonyl (C=O) groups excluding carboxylic acids is 3. The van der Waals surface area contributed by atoms with Crippen molar-refractivity contribution in [1.29, 1.82) is 0 Å².